The Kier molecular flexibility index (Phi) is 5.79. The Labute approximate surface area is 162 Å². The van der Waals surface area contributed by atoms with Crippen LogP contribution < -0.4 is 5.32 Å². The number of pyridine rings is 1. The van der Waals surface area contributed by atoms with E-state index in [-0.39, 0.29) is 11.9 Å². The van der Waals surface area contributed by atoms with Crippen molar-refractivity contribution in [3.05, 3.63) is 66.4 Å². The number of anilines is 1. The zero-order valence-corrected chi connectivity index (χ0v) is 15.3. The van der Waals surface area contributed by atoms with Gasteiger partial charge in [0, 0.05) is 37.6 Å². The quantitative estimate of drug-likeness (QED) is 0.704. The lowest BCUT2D eigenvalue weighted by Crippen LogP contribution is -2.41. The molecule has 1 N–H and O–H groups in total. The number of nitrogens with one attached hydrogen (secondary N) is 1. The van der Waals surface area contributed by atoms with Crippen molar-refractivity contribution in [3.8, 4) is 11.3 Å². The monoisotopic (exact) mass is 380 g/mol. The minimum absolute atomic E-state index is 0.133. The number of ether oxygens (including phenoxy) is 1. The zero-order chi connectivity index (χ0) is 19.2. The van der Waals surface area contributed by atoms with Crippen LogP contribution in [0.25, 0.3) is 11.3 Å². The first-order valence-electron chi connectivity index (χ1n) is 9.21. The standard InChI is InChI=1S/C20H21FN6O/c21-17-3-1-2-16(12-17)18-13-24-26-20(25-18)23-14-19(15-4-6-22-7-5-15)27-8-10-28-11-9-27/h1-7,12-13,19H,8-11,14H2,(H,23,25,26). The first kappa shape index (κ1) is 18.4. The number of benzene rings is 1. The van der Waals surface area contributed by atoms with Crippen molar-refractivity contribution in [1.82, 2.24) is 25.1 Å². The van der Waals surface area contributed by atoms with Gasteiger partial charge in [0.05, 0.1) is 31.1 Å². The van der Waals surface area contributed by atoms with Crippen LogP contribution in [0.4, 0.5) is 10.3 Å². The Balaban J connectivity index is 1.51. The maximum Gasteiger partial charge on any atom is 0.243 e. The van der Waals surface area contributed by atoms with Crippen molar-refractivity contribution in [2.75, 3.05) is 38.2 Å². The van der Waals surface area contributed by atoms with E-state index < -0.39 is 0 Å². The number of halogens is 1. The van der Waals surface area contributed by atoms with Gasteiger partial charge in [0.1, 0.15) is 5.82 Å². The lowest BCUT2D eigenvalue weighted by atomic mass is 10.1. The molecule has 7 nitrogen and oxygen atoms in total. The molecule has 3 aromatic rings. The fourth-order valence-electron chi connectivity index (χ4n) is 3.29. The van der Waals surface area contributed by atoms with Crippen LogP contribution in [0.2, 0.25) is 0 Å². The highest BCUT2D eigenvalue weighted by Gasteiger charge is 2.22. The van der Waals surface area contributed by atoms with E-state index in [2.05, 4.69) is 30.4 Å². The topological polar surface area (TPSA) is 76.1 Å². The smallest absolute Gasteiger partial charge is 0.243 e. The van der Waals surface area contributed by atoms with E-state index in [1.807, 2.05) is 12.1 Å². The fourth-order valence-corrected chi connectivity index (χ4v) is 3.29. The SMILES string of the molecule is Fc1cccc(-c2cnnc(NCC(c3ccncc3)N3CCOCC3)n2)c1. The van der Waals surface area contributed by atoms with Crippen LogP contribution in [0.15, 0.2) is 55.0 Å². The summed E-state index contributed by atoms with van der Waals surface area (Å²) in [4.78, 5) is 11.0. The number of rotatable bonds is 6. The van der Waals surface area contributed by atoms with Gasteiger partial charge in [-0.3, -0.25) is 9.88 Å². The summed E-state index contributed by atoms with van der Waals surface area (Å²) in [7, 11) is 0. The van der Waals surface area contributed by atoms with Gasteiger partial charge in [-0.05, 0) is 29.8 Å². The third kappa shape index (κ3) is 4.47. The molecule has 8 heteroatoms. The zero-order valence-electron chi connectivity index (χ0n) is 15.3. The molecule has 144 valence electrons. The molecule has 1 aliphatic heterocycles. The highest BCUT2D eigenvalue weighted by atomic mass is 19.1. The second kappa shape index (κ2) is 8.81. The molecule has 0 aliphatic carbocycles. The number of aromatic nitrogens is 4. The Morgan fingerprint density at radius 1 is 1.14 bits per heavy atom. The molecule has 1 fully saturated rings. The predicted octanol–water partition coefficient (Wildman–Crippen LogP) is 2.56. The molecule has 3 heterocycles. The molecule has 0 radical (unpaired) electrons. The van der Waals surface area contributed by atoms with Crippen molar-refractivity contribution < 1.29 is 9.13 Å². The highest BCUT2D eigenvalue weighted by Crippen LogP contribution is 2.22. The van der Waals surface area contributed by atoms with E-state index in [1.165, 1.54) is 23.9 Å². The van der Waals surface area contributed by atoms with Gasteiger partial charge in [0.15, 0.2) is 0 Å². The van der Waals surface area contributed by atoms with Crippen LogP contribution in [-0.2, 0) is 4.74 Å². The fraction of sp³-hybridized carbons (Fsp3) is 0.300. The molecule has 0 saturated carbocycles. The molecule has 1 atom stereocenters. The number of hydrogen-bond donors (Lipinski definition) is 1. The maximum atomic E-state index is 13.5. The molecule has 1 aliphatic rings. The van der Waals surface area contributed by atoms with E-state index in [1.54, 1.807) is 24.5 Å². The number of morpholine rings is 1. The van der Waals surface area contributed by atoms with Crippen LogP contribution in [0.1, 0.15) is 11.6 Å². The van der Waals surface area contributed by atoms with Crippen molar-refractivity contribution in [2.24, 2.45) is 0 Å². The van der Waals surface area contributed by atoms with Gasteiger partial charge >= 0.3 is 0 Å². The van der Waals surface area contributed by atoms with Crippen molar-refractivity contribution in [2.45, 2.75) is 6.04 Å². The summed E-state index contributed by atoms with van der Waals surface area (Å²) >= 11 is 0. The summed E-state index contributed by atoms with van der Waals surface area (Å²) in [6, 6.07) is 10.4. The third-order valence-electron chi connectivity index (χ3n) is 4.71. The molecule has 1 saturated heterocycles. The molecule has 1 aromatic carbocycles. The molecular formula is C20H21FN6O. The molecule has 0 amide bonds. The van der Waals surface area contributed by atoms with Crippen molar-refractivity contribution in [1.29, 1.82) is 0 Å². The molecule has 2 aromatic heterocycles. The molecule has 4 rings (SSSR count). The Bertz CT molecular complexity index is 904. The van der Waals surface area contributed by atoms with E-state index in [9.17, 15) is 4.39 Å². The molecule has 1 unspecified atom stereocenters. The molecule has 28 heavy (non-hydrogen) atoms. The summed E-state index contributed by atoms with van der Waals surface area (Å²) in [5.74, 6) is 0.102. The van der Waals surface area contributed by atoms with Gasteiger partial charge in [-0.2, -0.15) is 5.10 Å². The van der Waals surface area contributed by atoms with Gasteiger partial charge in [-0.1, -0.05) is 12.1 Å². The van der Waals surface area contributed by atoms with Crippen molar-refractivity contribution >= 4 is 5.95 Å². The summed E-state index contributed by atoms with van der Waals surface area (Å²) in [5.41, 5.74) is 2.40. The summed E-state index contributed by atoms with van der Waals surface area (Å²) in [6.07, 6.45) is 5.12. The normalized spacial score (nSPS) is 15.9. The third-order valence-corrected chi connectivity index (χ3v) is 4.71. The van der Waals surface area contributed by atoms with Crippen molar-refractivity contribution in [3.63, 3.8) is 0 Å². The first-order valence-corrected chi connectivity index (χ1v) is 9.21. The predicted molar refractivity (Wildman–Crippen MR) is 103 cm³/mol. The molecular weight excluding hydrogens is 359 g/mol. The van der Waals surface area contributed by atoms with Crippen LogP contribution in [0.3, 0.4) is 0 Å². The van der Waals surface area contributed by atoms with Gasteiger partial charge < -0.3 is 10.1 Å². The lowest BCUT2D eigenvalue weighted by Gasteiger charge is -2.34. The average molecular weight is 380 g/mol. The van der Waals surface area contributed by atoms with Crippen LogP contribution in [0.5, 0.6) is 0 Å². The van der Waals surface area contributed by atoms with E-state index >= 15 is 0 Å². The van der Waals surface area contributed by atoms with E-state index in [0.29, 0.717) is 37.0 Å². The summed E-state index contributed by atoms with van der Waals surface area (Å²) < 4.78 is 19.0. The van der Waals surface area contributed by atoms with E-state index in [0.717, 1.165) is 13.1 Å². The van der Waals surface area contributed by atoms with Crippen LogP contribution >= 0.6 is 0 Å². The minimum Gasteiger partial charge on any atom is -0.379 e. The van der Waals surface area contributed by atoms with Crippen LogP contribution in [0, 0.1) is 5.82 Å². The first-order chi connectivity index (χ1) is 13.8. The number of hydrogen-bond acceptors (Lipinski definition) is 7. The summed E-state index contributed by atoms with van der Waals surface area (Å²) in [5, 5.41) is 11.4. The molecule has 0 bridgehead atoms. The second-order valence-electron chi connectivity index (χ2n) is 6.50. The molecule has 0 spiro atoms. The van der Waals surface area contributed by atoms with Gasteiger partial charge in [0.2, 0.25) is 5.95 Å². The van der Waals surface area contributed by atoms with Gasteiger partial charge in [0.25, 0.3) is 0 Å². The highest BCUT2D eigenvalue weighted by molar-refractivity contribution is 5.58. The maximum absolute atomic E-state index is 13.5. The average Bonchev–Trinajstić information content (AvgIpc) is 2.76. The largest absolute Gasteiger partial charge is 0.379 e. The second-order valence-corrected chi connectivity index (χ2v) is 6.50. The Hall–Kier alpha value is -2.97. The van der Waals surface area contributed by atoms with E-state index in [4.69, 9.17) is 4.74 Å². The van der Waals surface area contributed by atoms with Gasteiger partial charge in [-0.25, -0.2) is 9.37 Å². The Morgan fingerprint density at radius 2 is 1.96 bits per heavy atom. The lowest BCUT2D eigenvalue weighted by molar-refractivity contribution is 0.0186. The van der Waals surface area contributed by atoms with Crippen LogP contribution in [-0.4, -0.2) is 57.9 Å². The summed E-state index contributed by atoms with van der Waals surface area (Å²) in [6.45, 7) is 3.76. The number of nitrogens with zero attached hydrogens (tertiary/aromatic N) is 5. The minimum atomic E-state index is -0.310. The van der Waals surface area contributed by atoms with Gasteiger partial charge in [-0.15, -0.1) is 5.10 Å². The Morgan fingerprint density at radius 3 is 2.75 bits per heavy atom.